The first-order valence-electron chi connectivity index (χ1n) is 7.63. The summed E-state index contributed by atoms with van der Waals surface area (Å²) >= 11 is 3.14. The molecule has 144 valence electrons. The second-order valence-electron chi connectivity index (χ2n) is 5.23. The average molecular weight is 426 g/mol. The molecule has 1 aliphatic heterocycles. The number of aromatic nitrogens is 1. The summed E-state index contributed by atoms with van der Waals surface area (Å²) in [6, 6.07) is 16.2. The van der Waals surface area contributed by atoms with Gasteiger partial charge in [0, 0.05) is 11.8 Å². The lowest BCUT2D eigenvalue weighted by Gasteiger charge is -1.91. The van der Waals surface area contributed by atoms with Crippen LogP contribution in [0.25, 0.3) is 10.2 Å². The summed E-state index contributed by atoms with van der Waals surface area (Å²) in [5, 5.41) is 14.0. The van der Waals surface area contributed by atoms with Crippen molar-refractivity contribution in [2.24, 2.45) is 22.5 Å². The van der Waals surface area contributed by atoms with Gasteiger partial charge in [-0.1, -0.05) is 24.3 Å². The number of fused-ring (bicyclic) bond motifs is 2. The van der Waals surface area contributed by atoms with E-state index in [-0.39, 0.29) is 4.70 Å². The zero-order chi connectivity index (χ0) is 19.4. The fraction of sp³-hybridized carbons (Fsp3) is 0.0625. The van der Waals surface area contributed by atoms with Crippen molar-refractivity contribution < 1.29 is 26.8 Å². The predicted molar refractivity (Wildman–Crippen MR) is 103 cm³/mol. The van der Waals surface area contributed by atoms with E-state index in [4.69, 9.17) is 0 Å². The van der Waals surface area contributed by atoms with Crippen molar-refractivity contribution in [3.05, 3.63) is 48.5 Å². The highest BCUT2D eigenvalue weighted by Gasteiger charge is 2.30. The molecule has 0 bridgehead atoms. The summed E-state index contributed by atoms with van der Waals surface area (Å²) in [5.41, 5.74) is 2.18. The molecule has 28 heavy (non-hydrogen) atoms. The maximum Gasteiger partial charge on any atom is 0.762 e. The fourth-order valence-corrected chi connectivity index (χ4v) is 4.25. The van der Waals surface area contributed by atoms with Crippen LogP contribution in [0.3, 0.4) is 0 Å². The largest absolute Gasteiger partial charge is 1.00 e. The summed E-state index contributed by atoms with van der Waals surface area (Å²) in [6.45, 7) is 4.02. The van der Waals surface area contributed by atoms with E-state index in [0.29, 0.717) is 0 Å². The van der Waals surface area contributed by atoms with E-state index in [1.165, 1.54) is 4.70 Å². The van der Waals surface area contributed by atoms with Crippen LogP contribution in [0.4, 0.5) is 23.8 Å². The van der Waals surface area contributed by atoms with E-state index in [1.807, 2.05) is 48.0 Å². The Bertz CT molecular complexity index is 1050. The van der Waals surface area contributed by atoms with Crippen molar-refractivity contribution in [2.75, 3.05) is 0 Å². The van der Waals surface area contributed by atoms with Crippen LogP contribution in [-0.4, -0.2) is 24.0 Å². The quantitative estimate of drug-likeness (QED) is 0.204. The molecule has 2 aromatic carbocycles. The smallest absolute Gasteiger partial charge is 0.762 e. The van der Waals surface area contributed by atoms with Crippen LogP contribution >= 0.6 is 23.1 Å². The van der Waals surface area contributed by atoms with Crippen molar-refractivity contribution in [1.29, 1.82) is 0 Å². The van der Waals surface area contributed by atoms with Gasteiger partial charge >= 0.3 is 17.8 Å². The zero-order valence-electron chi connectivity index (χ0n) is 14.5. The Labute approximate surface area is 166 Å². The van der Waals surface area contributed by atoms with Crippen LogP contribution in [0.2, 0.25) is 0 Å². The molecular formula is C16H13BF4N5S2+. The second kappa shape index (κ2) is 9.56. The molecule has 0 radical (unpaired) electrons. The number of halogens is 4. The van der Waals surface area contributed by atoms with Gasteiger partial charge in [-0.25, -0.2) is 4.57 Å². The lowest BCUT2D eigenvalue weighted by Crippen LogP contribution is -3.00. The summed E-state index contributed by atoms with van der Waals surface area (Å²) in [7, 11) is -1.69. The van der Waals surface area contributed by atoms with Gasteiger partial charge in [0.05, 0.1) is 23.4 Å². The van der Waals surface area contributed by atoms with Gasteiger partial charge in [-0.05, 0) is 35.6 Å². The standard InChI is InChI=1S/C16H13N5S2.BF3.FH/c1-20-11-7-3-5-9-13(11)22-15(20)17-19-18-16-21(2)12-8-4-6-10-14(12)23-16;2-1(3)4;/h3-10H,1H2,2H3;;1H/q+2;;/p-1. The highest BCUT2D eigenvalue weighted by Crippen LogP contribution is 2.38. The molecule has 0 atom stereocenters. The summed E-state index contributed by atoms with van der Waals surface area (Å²) in [4.78, 5) is 1.13. The molecule has 1 aromatic heterocycles. The van der Waals surface area contributed by atoms with E-state index < -0.39 is 7.54 Å². The molecule has 0 amide bonds. The van der Waals surface area contributed by atoms with Crippen molar-refractivity contribution in [3.8, 4) is 0 Å². The number of para-hydroxylation sites is 2. The Balaban J connectivity index is 0.000000515. The molecule has 5 nitrogen and oxygen atoms in total. The minimum absolute atomic E-state index is 0. The summed E-state index contributed by atoms with van der Waals surface area (Å²) in [6.07, 6.45) is 0. The van der Waals surface area contributed by atoms with E-state index in [1.54, 1.807) is 27.7 Å². The van der Waals surface area contributed by atoms with Crippen LogP contribution in [0.5, 0.6) is 0 Å². The Hall–Kier alpha value is -2.60. The Morgan fingerprint density at radius 1 is 1.04 bits per heavy atom. The normalized spacial score (nSPS) is 14.0. The molecule has 2 heterocycles. The minimum Gasteiger partial charge on any atom is -1.00 e. The monoisotopic (exact) mass is 426 g/mol. The van der Waals surface area contributed by atoms with Crippen molar-refractivity contribution in [1.82, 2.24) is 0 Å². The Kier molecular flexibility index (Phi) is 7.41. The molecule has 0 N–H and O–H groups in total. The van der Waals surface area contributed by atoms with Crippen molar-refractivity contribution >= 4 is 63.6 Å². The SMILES string of the molecule is C=[N+]1C(=NN=Nc2sc3ccccc3[n+]2C)Sc2ccccc21.FB(F)F.[F-]. The van der Waals surface area contributed by atoms with E-state index in [9.17, 15) is 12.9 Å². The molecule has 0 fully saturated rings. The number of rotatable bonds is 2. The van der Waals surface area contributed by atoms with Crippen molar-refractivity contribution in [3.63, 3.8) is 0 Å². The van der Waals surface area contributed by atoms with Crippen LogP contribution in [-0.2, 0) is 7.05 Å². The van der Waals surface area contributed by atoms with E-state index in [2.05, 4.69) is 34.3 Å². The minimum atomic E-state index is -3.67. The first-order valence-corrected chi connectivity index (χ1v) is 9.26. The highest BCUT2D eigenvalue weighted by molar-refractivity contribution is 8.13. The third kappa shape index (κ3) is 4.81. The molecule has 12 heteroatoms. The fourth-order valence-electron chi connectivity index (χ4n) is 2.37. The van der Waals surface area contributed by atoms with Gasteiger partial charge in [-0.3, -0.25) is 12.9 Å². The maximum absolute atomic E-state index is 9.67. The van der Waals surface area contributed by atoms with Gasteiger partial charge in [0.1, 0.15) is 21.4 Å². The third-order valence-electron chi connectivity index (χ3n) is 3.56. The van der Waals surface area contributed by atoms with E-state index in [0.717, 1.165) is 26.4 Å². The second-order valence-corrected chi connectivity index (χ2v) is 7.25. The molecule has 1 aliphatic rings. The first-order chi connectivity index (χ1) is 13.0. The van der Waals surface area contributed by atoms with Crippen LogP contribution < -0.4 is 9.27 Å². The number of aryl methyl sites for hydroxylation is 1. The number of amidine groups is 1. The van der Waals surface area contributed by atoms with Gasteiger partial charge < -0.3 is 4.70 Å². The molecule has 0 aliphatic carbocycles. The molecule has 0 saturated carbocycles. The van der Waals surface area contributed by atoms with Crippen LogP contribution in [0.15, 0.2) is 68.9 Å². The number of hydrogen-bond donors (Lipinski definition) is 0. The maximum atomic E-state index is 9.67. The zero-order valence-corrected chi connectivity index (χ0v) is 16.1. The summed E-state index contributed by atoms with van der Waals surface area (Å²) in [5.74, 6) is 0. The van der Waals surface area contributed by atoms with Gasteiger partial charge in [-0.2, -0.15) is 4.58 Å². The lowest BCUT2D eigenvalue weighted by atomic mass is 10.3. The van der Waals surface area contributed by atoms with Crippen LogP contribution in [0.1, 0.15) is 0 Å². The third-order valence-corrected chi connectivity index (χ3v) is 5.72. The van der Waals surface area contributed by atoms with Crippen molar-refractivity contribution in [2.45, 2.75) is 4.90 Å². The van der Waals surface area contributed by atoms with E-state index >= 15 is 0 Å². The first kappa shape index (κ1) is 21.7. The van der Waals surface area contributed by atoms with Gasteiger partial charge in [0.25, 0.3) is 0 Å². The number of thioether (sulfide) groups is 1. The number of thiazole rings is 1. The molecule has 0 spiro atoms. The molecular weight excluding hydrogens is 413 g/mol. The molecule has 0 saturated heterocycles. The predicted octanol–water partition coefficient (Wildman–Crippen LogP) is 2.11. The van der Waals surface area contributed by atoms with Gasteiger partial charge in [0.15, 0.2) is 5.22 Å². The number of hydrogen-bond acceptors (Lipinski definition) is 4. The lowest BCUT2D eigenvalue weighted by molar-refractivity contribution is -0.627. The highest BCUT2D eigenvalue weighted by atomic mass is 32.2. The molecule has 4 rings (SSSR count). The van der Waals surface area contributed by atoms with Gasteiger partial charge in [-0.15, -0.1) is 0 Å². The molecule has 0 unspecified atom stereocenters. The topological polar surface area (TPSA) is 44.0 Å². The number of benzene rings is 2. The average Bonchev–Trinajstić information content (AvgIpc) is 3.13. The van der Waals surface area contributed by atoms with Gasteiger partial charge in [0.2, 0.25) is 0 Å². The number of nitrogens with zero attached hydrogens (tertiary/aromatic N) is 5. The summed E-state index contributed by atoms with van der Waals surface area (Å²) < 4.78 is 34.0. The Morgan fingerprint density at radius 2 is 1.68 bits per heavy atom. The molecule has 3 aromatic rings. The van der Waals surface area contributed by atoms with Crippen LogP contribution in [0, 0.1) is 0 Å². The Morgan fingerprint density at radius 3 is 2.36 bits per heavy atom.